The molecule has 0 radical (unpaired) electrons. The molecule has 0 atom stereocenters. The molecule has 0 aliphatic rings. The first-order chi connectivity index (χ1) is 8.45. The molecular weight excluding hydrogens is 232 g/mol. The summed E-state index contributed by atoms with van der Waals surface area (Å²) in [6.07, 6.45) is 0.141. The maximum atomic E-state index is 11.9. The molecule has 0 unspecified atom stereocenters. The summed E-state index contributed by atoms with van der Waals surface area (Å²) in [6.45, 7) is 2.10. The van der Waals surface area contributed by atoms with Gasteiger partial charge in [-0.1, -0.05) is 6.07 Å². The van der Waals surface area contributed by atoms with Crippen molar-refractivity contribution in [2.75, 3.05) is 26.4 Å². The number of rotatable bonds is 4. The third kappa shape index (κ3) is 3.48. The minimum Gasteiger partial charge on any atom is -0.466 e. The molecule has 1 rings (SSSR count). The van der Waals surface area contributed by atoms with Gasteiger partial charge in [-0.15, -0.1) is 0 Å². The Hall–Kier alpha value is -2.04. The number of hydrogen-bond donors (Lipinski definition) is 1. The van der Waals surface area contributed by atoms with Gasteiger partial charge in [0.25, 0.3) is 5.91 Å². The van der Waals surface area contributed by atoms with E-state index in [4.69, 9.17) is 10.5 Å². The topological polar surface area (TPSA) is 72.6 Å². The maximum Gasteiger partial charge on any atom is 0.310 e. The molecule has 98 valence electrons. The minimum absolute atomic E-state index is 0.141. The van der Waals surface area contributed by atoms with Gasteiger partial charge < -0.3 is 15.4 Å². The zero-order chi connectivity index (χ0) is 13.7. The van der Waals surface area contributed by atoms with Crippen LogP contribution in [0.15, 0.2) is 18.2 Å². The molecule has 0 aliphatic heterocycles. The second kappa shape index (κ2) is 6.05. The molecule has 0 aromatic heterocycles. The number of nitrogens with two attached hydrogens (primary N) is 1. The van der Waals surface area contributed by atoms with Crippen molar-refractivity contribution in [2.45, 2.75) is 13.3 Å². The summed E-state index contributed by atoms with van der Waals surface area (Å²) in [7, 11) is 3.31. The number of esters is 1. The summed E-state index contributed by atoms with van der Waals surface area (Å²) >= 11 is 0. The van der Waals surface area contributed by atoms with Crippen LogP contribution < -0.4 is 5.73 Å². The van der Waals surface area contributed by atoms with Crippen LogP contribution in [0.1, 0.15) is 22.8 Å². The number of benzene rings is 1. The highest BCUT2D eigenvalue weighted by Crippen LogP contribution is 2.16. The van der Waals surface area contributed by atoms with Gasteiger partial charge >= 0.3 is 5.97 Å². The molecule has 2 N–H and O–H groups in total. The fourth-order valence-electron chi connectivity index (χ4n) is 1.52. The molecule has 1 aromatic carbocycles. The van der Waals surface area contributed by atoms with Crippen molar-refractivity contribution in [1.82, 2.24) is 4.90 Å². The molecule has 1 amide bonds. The van der Waals surface area contributed by atoms with Crippen LogP contribution in [0.25, 0.3) is 0 Å². The number of nitrogens with zero attached hydrogens (tertiary/aromatic N) is 1. The molecule has 0 heterocycles. The highest BCUT2D eigenvalue weighted by Gasteiger charge is 2.13. The second-order valence-corrected chi connectivity index (χ2v) is 4.10. The number of hydrogen-bond acceptors (Lipinski definition) is 4. The molecule has 0 saturated carbocycles. The molecule has 5 heteroatoms. The van der Waals surface area contributed by atoms with Crippen LogP contribution in [0.5, 0.6) is 0 Å². The standard InChI is InChI=1S/C13H18N2O3/c1-4-18-12(16)8-9-5-6-11(14)10(7-9)13(17)15(2)3/h5-7H,4,8,14H2,1-3H3. The van der Waals surface area contributed by atoms with Gasteiger partial charge in [-0.25, -0.2) is 0 Å². The van der Waals surface area contributed by atoms with Gasteiger partial charge in [-0.05, 0) is 24.6 Å². The van der Waals surface area contributed by atoms with Crippen molar-refractivity contribution in [3.63, 3.8) is 0 Å². The van der Waals surface area contributed by atoms with E-state index in [0.29, 0.717) is 23.4 Å². The third-order valence-corrected chi connectivity index (χ3v) is 2.41. The van der Waals surface area contributed by atoms with Crippen LogP contribution >= 0.6 is 0 Å². The summed E-state index contributed by atoms with van der Waals surface area (Å²) in [4.78, 5) is 24.7. The Morgan fingerprint density at radius 2 is 2.00 bits per heavy atom. The first kappa shape index (κ1) is 14.0. The Labute approximate surface area is 107 Å². The zero-order valence-corrected chi connectivity index (χ0v) is 10.9. The highest BCUT2D eigenvalue weighted by molar-refractivity contribution is 5.99. The lowest BCUT2D eigenvalue weighted by Gasteiger charge is -2.13. The van der Waals surface area contributed by atoms with E-state index in [-0.39, 0.29) is 18.3 Å². The fraction of sp³-hybridized carbons (Fsp3) is 0.385. The van der Waals surface area contributed by atoms with E-state index in [9.17, 15) is 9.59 Å². The number of anilines is 1. The van der Waals surface area contributed by atoms with E-state index < -0.39 is 0 Å². The lowest BCUT2D eigenvalue weighted by molar-refractivity contribution is -0.142. The Bertz CT molecular complexity index is 456. The van der Waals surface area contributed by atoms with Crippen molar-refractivity contribution < 1.29 is 14.3 Å². The zero-order valence-electron chi connectivity index (χ0n) is 10.9. The van der Waals surface area contributed by atoms with Crippen molar-refractivity contribution in [3.05, 3.63) is 29.3 Å². The molecule has 1 aromatic rings. The Morgan fingerprint density at radius 3 is 2.56 bits per heavy atom. The number of carbonyl (C=O) groups is 2. The quantitative estimate of drug-likeness (QED) is 0.641. The molecule has 0 bridgehead atoms. The molecular formula is C13H18N2O3. The first-order valence-electron chi connectivity index (χ1n) is 5.71. The maximum absolute atomic E-state index is 11.9. The average molecular weight is 250 g/mol. The van der Waals surface area contributed by atoms with Gasteiger partial charge in [0.15, 0.2) is 0 Å². The minimum atomic E-state index is -0.314. The van der Waals surface area contributed by atoms with Gasteiger partial charge in [-0.2, -0.15) is 0 Å². The fourth-order valence-corrected chi connectivity index (χ4v) is 1.52. The number of carbonyl (C=O) groups excluding carboxylic acids is 2. The number of amides is 1. The number of nitrogen functional groups attached to an aromatic ring is 1. The molecule has 18 heavy (non-hydrogen) atoms. The Kier molecular flexibility index (Phi) is 4.71. The first-order valence-corrected chi connectivity index (χ1v) is 5.71. The summed E-state index contributed by atoms with van der Waals surface area (Å²) in [6, 6.07) is 4.98. The van der Waals surface area contributed by atoms with E-state index in [0.717, 1.165) is 0 Å². The number of ether oxygens (including phenoxy) is 1. The summed E-state index contributed by atoms with van der Waals surface area (Å²) in [5.74, 6) is -0.497. The lowest BCUT2D eigenvalue weighted by Crippen LogP contribution is -2.23. The Balaban J connectivity index is 2.94. The van der Waals surface area contributed by atoms with Gasteiger partial charge in [0.05, 0.1) is 18.6 Å². The van der Waals surface area contributed by atoms with Crippen molar-refractivity contribution in [1.29, 1.82) is 0 Å². The van der Waals surface area contributed by atoms with Gasteiger partial charge in [0.1, 0.15) is 0 Å². The van der Waals surface area contributed by atoms with Crippen LogP contribution in [0.4, 0.5) is 5.69 Å². The molecule has 0 fully saturated rings. The van der Waals surface area contributed by atoms with E-state index in [1.54, 1.807) is 39.2 Å². The van der Waals surface area contributed by atoms with E-state index in [1.165, 1.54) is 4.90 Å². The van der Waals surface area contributed by atoms with E-state index >= 15 is 0 Å². The second-order valence-electron chi connectivity index (χ2n) is 4.10. The predicted molar refractivity (Wildman–Crippen MR) is 69.2 cm³/mol. The normalized spacial score (nSPS) is 9.94. The summed E-state index contributed by atoms with van der Waals surface area (Å²) in [5, 5.41) is 0. The van der Waals surface area contributed by atoms with Crippen molar-refractivity contribution in [3.8, 4) is 0 Å². The Morgan fingerprint density at radius 1 is 1.33 bits per heavy atom. The highest BCUT2D eigenvalue weighted by atomic mass is 16.5. The lowest BCUT2D eigenvalue weighted by atomic mass is 10.1. The van der Waals surface area contributed by atoms with Gasteiger partial charge in [-0.3, -0.25) is 9.59 Å². The largest absolute Gasteiger partial charge is 0.466 e. The molecule has 0 saturated heterocycles. The molecule has 0 aliphatic carbocycles. The van der Waals surface area contributed by atoms with Crippen molar-refractivity contribution >= 4 is 17.6 Å². The molecule has 0 spiro atoms. The van der Waals surface area contributed by atoms with Crippen LogP contribution in [-0.4, -0.2) is 37.5 Å². The SMILES string of the molecule is CCOC(=O)Cc1ccc(N)c(C(=O)N(C)C)c1. The smallest absolute Gasteiger partial charge is 0.310 e. The van der Waals surface area contributed by atoms with Crippen LogP contribution in [0, 0.1) is 0 Å². The monoisotopic (exact) mass is 250 g/mol. The van der Waals surface area contributed by atoms with Crippen LogP contribution in [0.2, 0.25) is 0 Å². The summed E-state index contributed by atoms with van der Waals surface area (Å²) < 4.78 is 4.86. The van der Waals surface area contributed by atoms with Crippen molar-refractivity contribution in [2.24, 2.45) is 0 Å². The third-order valence-electron chi connectivity index (χ3n) is 2.41. The van der Waals surface area contributed by atoms with Crippen LogP contribution in [0.3, 0.4) is 0 Å². The van der Waals surface area contributed by atoms with Crippen LogP contribution in [-0.2, 0) is 16.0 Å². The van der Waals surface area contributed by atoms with E-state index in [1.807, 2.05) is 0 Å². The predicted octanol–water partition coefficient (Wildman–Crippen LogP) is 1.08. The average Bonchev–Trinajstić information content (AvgIpc) is 2.31. The van der Waals surface area contributed by atoms with Gasteiger partial charge in [0.2, 0.25) is 0 Å². The molecule has 5 nitrogen and oxygen atoms in total. The van der Waals surface area contributed by atoms with Gasteiger partial charge in [0, 0.05) is 19.8 Å². The summed E-state index contributed by atoms with van der Waals surface area (Å²) in [5.41, 5.74) is 7.28. The van der Waals surface area contributed by atoms with E-state index in [2.05, 4.69) is 0 Å².